The summed E-state index contributed by atoms with van der Waals surface area (Å²) in [5, 5.41) is 131. The number of thiophene rings is 1. The van der Waals surface area contributed by atoms with Crippen molar-refractivity contribution in [2.45, 2.75) is 0 Å². The van der Waals surface area contributed by atoms with Crippen LogP contribution in [-0.2, 0) is 0 Å². The van der Waals surface area contributed by atoms with Gasteiger partial charge < -0.3 is 71.4 Å². The Balaban J connectivity index is 1.25. The second-order valence-corrected chi connectivity index (χ2v) is 16.1. The summed E-state index contributed by atoms with van der Waals surface area (Å²) in [7, 11) is 2.85. The number of hydrogen-bond acceptors (Lipinski definition) is 15. The number of hydrogen-bond donors (Lipinski definition) is 13. The van der Waals surface area contributed by atoms with Crippen LogP contribution in [0.4, 0.5) is 0 Å². The molecule has 0 bridgehead atoms. The minimum absolute atomic E-state index is 0.0131. The van der Waals surface area contributed by atoms with Crippen molar-refractivity contribution in [3.63, 3.8) is 0 Å². The number of amidine groups is 2. The van der Waals surface area contributed by atoms with Gasteiger partial charge in [-0.1, -0.05) is 84.8 Å². The number of phenols is 12. The normalized spacial score (nSPS) is 12.2. The standard InChI is InChI=1S/C46H33B2N3O13S/c1-15(21-27(47)22-25-29(52)28(48)35(58)40(63)44(25)65-43(22)39(62)30(21)53)50-46(26-33(56)31(54)23-24-32(55)36(59)37(60)38(61)42(24)64-41(23)34(26)57)51-45(49)18-12-10-17(11-13-18)20-9-5-8-19(14-20)16-6-3-2-4-7-16/h2-14,52-63H,1,47-48H2,(H2,49,50,51). The topological polar surface area (TPSA) is 307 Å². The van der Waals surface area contributed by atoms with Gasteiger partial charge in [-0.3, -0.25) is 0 Å². The van der Waals surface area contributed by atoms with Crippen LogP contribution in [0.15, 0.2) is 99.8 Å². The maximum atomic E-state index is 11.8. The summed E-state index contributed by atoms with van der Waals surface area (Å²) in [5.74, 6) is -11.8. The fourth-order valence-electron chi connectivity index (χ4n) is 8.00. The number of aliphatic imine (C=N–C) groups is 2. The number of nitrogens with zero attached hydrogens (tertiary/aromatic N) is 2. The van der Waals surface area contributed by atoms with Crippen LogP contribution in [0, 0.1) is 0 Å². The highest BCUT2D eigenvalue weighted by atomic mass is 32.1. The zero-order valence-corrected chi connectivity index (χ0v) is 34.7. The first-order valence-electron chi connectivity index (χ1n) is 19.3. The van der Waals surface area contributed by atoms with Crippen molar-refractivity contribution in [3.8, 4) is 91.2 Å². The fourth-order valence-corrected chi connectivity index (χ4v) is 9.25. The number of nitrogens with two attached hydrogens (primary N) is 1. The van der Waals surface area contributed by atoms with E-state index in [1.807, 2.05) is 54.6 Å². The van der Waals surface area contributed by atoms with Gasteiger partial charge in [0.25, 0.3) is 0 Å². The highest BCUT2D eigenvalue weighted by molar-refractivity contribution is 7.27. The summed E-state index contributed by atoms with van der Waals surface area (Å²) in [4.78, 5) is 8.91. The van der Waals surface area contributed by atoms with Crippen LogP contribution in [0.1, 0.15) is 16.7 Å². The number of fused-ring (bicyclic) bond motifs is 6. The molecule has 0 aliphatic rings. The maximum absolute atomic E-state index is 11.8. The van der Waals surface area contributed by atoms with E-state index in [4.69, 9.17) is 10.2 Å². The van der Waals surface area contributed by atoms with Crippen LogP contribution in [0.25, 0.3) is 70.1 Å². The number of furan rings is 1. The molecular formula is C46H33B2N3O13S. The van der Waals surface area contributed by atoms with Gasteiger partial charge in [-0.15, -0.1) is 11.3 Å². The predicted octanol–water partition coefficient (Wildman–Crippen LogP) is 5.09. The Morgan fingerprint density at radius 2 is 1.00 bits per heavy atom. The molecule has 0 fully saturated rings. The molecule has 0 amide bonds. The van der Waals surface area contributed by atoms with E-state index < -0.39 is 108 Å². The fraction of sp³-hybridized carbons (Fsp3) is 0. The van der Waals surface area contributed by atoms with E-state index in [0.29, 0.717) is 5.56 Å². The van der Waals surface area contributed by atoms with E-state index in [2.05, 4.69) is 16.6 Å². The zero-order valence-electron chi connectivity index (χ0n) is 33.9. The van der Waals surface area contributed by atoms with E-state index in [9.17, 15) is 61.3 Å². The van der Waals surface area contributed by atoms with E-state index in [1.165, 1.54) is 15.7 Å². The van der Waals surface area contributed by atoms with Gasteiger partial charge in [0.2, 0.25) is 17.2 Å². The summed E-state index contributed by atoms with van der Waals surface area (Å²) in [6, 6.07) is 24.5. The maximum Gasteiger partial charge on any atom is 0.208 e. The van der Waals surface area contributed by atoms with Gasteiger partial charge in [0, 0.05) is 21.9 Å². The van der Waals surface area contributed by atoms with Gasteiger partial charge in [-0.2, -0.15) is 0 Å². The molecule has 0 radical (unpaired) electrons. The molecule has 7 aromatic carbocycles. The highest BCUT2D eigenvalue weighted by Crippen LogP contribution is 2.57. The smallest absolute Gasteiger partial charge is 0.208 e. The van der Waals surface area contributed by atoms with E-state index in [-0.39, 0.29) is 42.5 Å². The van der Waals surface area contributed by atoms with Crippen molar-refractivity contribution >= 4 is 97.4 Å². The van der Waals surface area contributed by atoms with Crippen LogP contribution < -0.4 is 16.7 Å². The first-order valence-corrected chi connectivity index (χ1v) is 20.2. The molecule has 0 aliphatic carbocycles. The minimum atomic E-state index is -1.20. The number of aromatic hydroxyl groups is 12. The molecule has 0 unspecified atom stereocenters. The van der Waals surface area contributed by atoms with Crippen molar-refractivity contribution in [2.75, 3.05) is 0 Å². The molecule has 9 rings (SSSR count). The van der Waals surface area contributed by atoms with Crippen LogP contribution >= 0.6 is 11.3 Å². The summed E-state index contributed by atoms with van der Waals surface area (Å²) >= 11 is 0.773. The summed E-state index contributed by atoms with van der Waals surface area (Å²) in [5.41, 5.74) is 7.86. The molecule has 19 heteroatoms. The Morgan fingerprint density at radius 1 is 0.477 bits per heavy atom. The zero-order chi connectivity index (χ0) is 46.5. The van der Waals surface area contributed by atoms with Crippen molar-refractivity contribution in [1.82, 2.24) is 0 Å². The lowest BCUT2D eigenvalue weighted by Gasteiger charge is -2.15. The molecule has 0 saturated heterocycles. The van der Waals surface area contributed by atoms with Crippen LogP contribution in [0.3, 0.4) is 0 Å². The van der Waals surface area contributed by atoms with Crippen LogP contribution in [0.2, 0.25) is 0 Å². The summed E-state index contributed by atoms with van der Waals surface area (Å²) < 4.78 is 5.61. The van der Waals surface area contributed by atoms with Gasteiger partial charge in [0.15, 0.2) is 63.0 Å². The number of benzene rings is 7. The molecule has 0 spiro atoms. The third kappa shape index (κ3) is 6.16. The first-order chi connectivity index (χ1) is 30.9. The third-order valence-electron chi connectivity index (χ3n) is 11.4. The molecule has 0 atom stereocenters. The van der Waals surface area contributed by atoms with Crippen molar-refractivity contribution in [3.05, 3.63) is 102 Å². The first kappa shape index (κ1) is 41.5. The molecule has 2 aromatic heterocycles. The Labute approximate surface area is 371 Å². The molecule has 322 valence electrons. The Bertz CT molecular complexity index is 3620. The molecule has 16 nitrogen and oxygen atoms in total. The molecule has 9 aromatic rings. The lowest BCUT2D eigenvalue weighted by atomic mass is 9.82. The van der Waals surface area contributed by atoms with Crippen molar-refractivity contribution in [1.29, 1.82) is 0 Å². The summed E-state index contributed by atoms with van der Waals surface area (Å²) in [6.45, 7) is 3.98. The average molecular weight is 889 g/mol. The number of rotatable bonds is 6. The molecule has 65 heavy (non-hydrogen) atoms. The van der Waals surface area contributed by atoms with Gasteiger partial charge in [0.1, 0.15) is 32.8 Å². The second-order valence-electron chi connectivity index (χ2n) is 15.1. The largest absolute Gasteiger partial charge is 0.508 e. The highest BCUT2D eigenvalue weighted by Gasteiger charge is 2.33. The predicted molar refractivity (Wildman–Crippen MR) is 253 cm³/mol. The Morgan fingerprint density at radius 3 is 1.65 bits per heavy atom. The van der Waals surface area contributed by atoms with Crippen LogP contribution in [0.5, 0.6) is 69.0 Å². The average Bonchev–Trinajstić information content (AvgIpc) is 3.92. The third-order valence-corrected chi connectivity index (χ3v) is 12.6. The Kier molecular flexibility index (Phi) is 9.53. The Hall–Kier alpha value is -8.83. The lowest BCUT2D eigenvalue weighted by molar-refractivity contribution is 0.348. The summed E-state index contributed by atoms with van der Waals surface area (Å²) in [6.07, 6.45) is 0. The molecular weight excluding hydrogens is 856 g/mol. The van der Waals surface area contributed by atoms with Crippen molar-refractivity contribution < 1.29 is 65.7 Å². The number of phenolic OH excluding ortho intramolecular Hbond substituents is 12. The SMILES string of the molecule is Bc1c(O)c(O)c2sc3c(O)c(O)c(C(=C)/N=C(\N=C(/N)c4ccc(-c5cccc(-c6ccccc6)c5)cc4)c4c(O)c(O)c5c(oc6c(O)c(O)c(O)c(O)c65)c4O)c(B)c3c2c1O. The van der Waals surface area contributed by atoms with Gasteiger partial charge in [0.05, 0.1) is 25.9 Å². The second kappa shape index (κ2) is 14.9. The van der Waals surface area contributed by atoms with Crippen molar-refractivity contribution in [2.24, 2.45) is 15.7 Å². The molecule has 0 saturated carbocycles. The minimum Gasteiger partial charge on any atom is -0.508 e. The molecule has 2 heterocycles. The van der Waals surface area contributed by atoms with Gasteiger partial charge >= 0.3 is 0 Å². The van der Waals surface area contributed by atoms with E-state index in [1.54, 1.807) is 24.3 Å². The monoisotopic (exact) mass is 889 g/mol. The molecule has 14 N–H and O–H groups in total. The lowest BCUT2D eigenvalue weighted by Crippen LogP contribution is -2.17. The van der Waals surface area contributed by atoms with Gasteiger partial charge in [-0.25, -0.2) is 9.98 Å². The quantitative estimate of drug-likeness (QED) is 0.0340. The van der Waals surface area contributed by atoms with Gasteiger partial charge in [-0.05, 0) is 33.8 Å². The molecule has 0 aliphatic heterocycles. The van der Waals surface area contributed by atoms with E-state index >= 15 is 0 Å². The van der Waals surface area contributed by atoms with Crippen LogP contribution in [-0.4, -0.2) is 88.6 Å². The van der Waals surface area contributed by atoms with E-state index in [0.717, 1.165) is 33.6 Å².